The fraction of sp³-hybridized carbons (Fsp3) is 0.500. The Morgan fingerprint density at radius 2 is 1.21 bits per heavy atom. The monoisotopic (exact) mass is 589 g/mol. The number of aryl methyl sites for hydroxylation is 2. The van der Waals surface area contributed by atoms with Crippen LogP contribution in [0.2, 0.25) is 0 Å². The number of carboxylic acid groups (broad SMARTS) is 3. The van der Waals surface area contributed by atoms with Gasteiger partial charge >= 0.3 is 17.9 Å². The summed E-state index contributed by atoms with van der Waals surface area (Å²) in [6.07, 6.45) is 4.74. The molecule has 2 aliphatic heterocycles. The molecule has 12 heteroatoms. The van der Waals surface area contributed by atoms with Crippen LogP contribution in [0.3, 0.4) is 0 Å². The zero-order chi connectivity index (χ0) is 30.7. The molecule has 2 aromatic carbocycles. The van der Waals surface area contributed by atoms with Gasteiger partial charge in [0.25, 0.3) is 0 Å². The largest absolute Gasteiger partial charge is 0.481 e. The van der Waals surface area contributed by atoms with Crippen LogP contribution < -0.4 is 18.9 Å². The Bertz CT molecular complexity index is 1150. The molecule has 0 atom stereocenters. The predicted molar refractivity (Wildman–Crippen MR) is 150 cm³/mol. The second-order valence-corrected chi connectivity index (χ2v) is 10.7. The third-order valence-corrected chi connectivity index (χ3v) is 7.06. The maximum atomic E-state index is 10.3. The topological polar surface area (TPSA) is 172 Å². The quantitative estimate of drug-likeness (QED) is 0.239. The van der Waals surface area contributed by atoms with Gasteiger partial charge < -0.3 is 44.3 Å². The van der Waals surface area contributed by atoms with E-state index in [1.54, 1.807) is 0 Å². The van der Waals surface area contributed by atoms with Crippen LogP contribution in [0, 0.1) is 5.92 Å². The van der Waals surface area contributed by atoms with Crippen LogP contribution in [0.5, 0.6) is 23.0 Å². The molecule has 0 saturated heterocycles. The minimum Gasteiger partial charge on any atom is -0.481 e. The zero-order valence-corrected chi connectivity index (χ0v) is 23.9. The minimum absolute atomic E-state index is 0.335. The molecule has 0 aromatic heterocycles. The number of ether oxygens (including phenoxy) is 4. The lowest BCUT2D eigenvalue weighted by atomic mass is 9.89. The first-order valence-corrected chi connectivity index (χ1v) is 13.8. The molecular formula is C30H39NO11. The molecule has 0 spiro atoms. The summed E-state index contributed by atoms with van der Waals surface area (Å²) in [6.45, 7) is 1.81. The highest BCUT2D eigenvalue weighted by molar-refractivity contribution is 5.88. The number of benzene rings is 2. The van der Waals surface area contributed by atoms with E-state index in [0.29, 0.717) is 19.5 Å². The Morgan fingerprint density at radius 3 is 1.62 bits per heavy atom. The Hall–Kier alpha value is -4.03. The lowest BCUT2D eigenvalue weighted by Gasteiger charge is -2.19. The number of carbonyl (C=O) groups is 3. The predicted octanol–water partition coefficient (Wildman–Crippen LogP) is 3.42. The third kappa shape index (κ3) is 10.1. The molecule has 2 heterocycles. The number of aliphatic hydroxyl groups is 1. The van der Waals surface area contributed by atoms with Gasteiger partial charge in [-0.05, 0) is 100 Å². The first kappa shape index (κ1) is 32.5. The molecule has 0 unspecified atom stereocenters. The summed E-state index contributed by atoms with van der Waals surface area (Å²) < 4.78 is 21.9. The molecule has 0 saturated carbocycles. The van der Waals surface area contributed by atoms with Gasteiger partial charge in [-0.1, -0.05) is 12.1 Å². The van der Waals surface area contributed by atoms with Crippen molar-refractivity contribution in [3.05, 3.63) is 47.5 Å². The van der Waals surface area contributed by atoms with E-state index in [2.05, 4.69) is 43.3 Å². The van der Waals surface area contributed by atoms with Crippen molar-refractivity contribution in [2.45, 2.75) is 57.0 Å². The highest BCUT2D eigenvalue weighted by Crippen LogP contribution is 2.35. The second-order valence-electron chi connectivity index (χ2n) is 10.7. The number of hydrogen-bond acceptors (Lipinski definition) is 9. The molecule has 2 aliphatic rings. The fourth-order valence-electron chi connectivity index (χ4n) is 4.78. The Labute approximate surface area is 244 Å². The summed E-state index contributed by atoms with van der Waals surface area (Å²) in [6, 6.07) is 12.7. The maximum Gasteiger partial charge on any atom is 0.336 e. The summed E-state index contributed by atoms with van der Waals surface area (Å²) in [4.78, 5) is 32.8. The maximum absolute atomic E-state index is 10.3. The summed E-state index contributed by atoms with van der Waals surface area (Å²) in [5, 5.41) is 33.8. The van der Waals surface area contributed by atoms with Gasteiger partial charge in [-0.3, -0.25) is 9.59 Å². The van der Waals surface area contributed by atoms with E-state index < -0.39 is 36.4 Å². The van der Waals surface area contributed by atoms with Gasteiger partial charge in [0.15, 0.2) is 28.6 Å². The molecule has 0 aliphatic carbocycles. The van der Waals surface area contributed by atoms with Gasteiger partial charge in [0, 0.05) is 0 Å². The van der Waals surface area contributed by atoms with Gasteiger partial charge in [-0.2, -0.15) is 0 Å². The molecular weight excluding hydrogens is 550 g/mol. The van der Waals surface area contributed by atoms with E-state index in [0.717, 1.165) is 42.4 Å². The number of fused-ring (bicyclic) bond motifs is 2. The molecule has 2 aromatic rings. The first-order chi connectivity index (χ1) is 19.9. The number of carboxylic acids is 3. The van der Waals surface area contributed by atoms with Crippen molar-refractivity contribution < 1.29 is 53.8 Å². The van der Waals surface area contributed by atoms with Crippen LogP contribution in [0.4, 0.5) is 0 Å². The lowest BCUT2D eigenvalue weighted by Crippen LogP contribution is -2.42. The Morgan fingerprint density at radius 1 is 0.762 bits per heavy atom. The smallest absolute Gasteiger partial charge is 0.336 e. The average Bonchev–Trinajstić information content (AvgIpc) is 3.57. The molecule has 12 nitrogen and oxygen atoms in total. The van der Waals surface area contributed by atoms with Crippen molar-refractivity contribution in [2.75, 3.05) is 34.2 Å². The van der Waals surface area contributed by atoms with E-state index in [1.807, 2.05) is 12.1 Å². The highest BCUT2D eigenvalue weighted by Gasteiger charge is 2.40. The fourth-order valence-corrected chi connectivity index (χ4v) is 4.78. The van der Waals surface area contributed by atoms with Gasteiger partial charge in [0.2, 0.25) is 13.6 Å². The normalized spacial score (nSPS) is 13.2. The van der Waals surface area contributed by atoms with Crippen molar-refractivity contribution in [1.29, 1.82) is 0 Å². The van der Waals surface area contributed by atoms with Crippen molar-refractivity contribution in [3.8, 4) is 23.0 Å². The molecule has 4 rings (SSSR count). The zero-order valence-electron chi connectivity index (χ0n) is 23.9. The van der Waals surface area contributed by atoms with E-state index in [-0.39, 0.29) is 0 Å². The third-order valence-electron chi connectivity index (χ3n) is 7.06. The summed E-state index contributed by atoms with van der Waals surface area (Å²) in [5.74, 6) is -0.836. The van der Waals surface area contributed by atoms with Gasteiger partial charge in [0.1, 0.15) is 0 Å². The van der Waals surface area contributed by atoms with Crippen molar-refractivity contribution in [2.24, 2.45) is 5.92 Å². The lowest BCUT2D eigenvalue weighted by molar-refractivity contribution is -0.170. The van der Waals surface area contributed by atoms with Gasteiger partial charge in [-0.25, -0.2) is 4.79 Å². The molecule has 0 bridgehead atoms. The minimum atomic E-state index is -2.74. The van der Waals surface area contributed by atoms with Crippen molar-refractivity contribution >= 4 is 17.9 Å². The molecule has 230 valence electrons. The molecule has 0 radical (unpaired) electrons. The summed E-state index contributed by atoms with van der Waals surface area (Å²) in [5.41, 5.74) is -0.0811. The van der Waals surface area contributed by atoms with Crippen LogP contribution >= 0.6 is 0 Å². The van der Waals surface area contributed by atoms with Crippen molar-refractivity contribution in [1.82, 2.24) is 4.90 Å². The second kappa shape index (κ2) is 15.3. The number of aliphatic carboxylic acids is 3. The van der Waals surface area contributed by atoms with Crippen LogP contribution in [0.15, 0.2) is 36.4 Å². The van der Waals surface area contributed by atoms with Crippen LogP contribution in [-0.4, -0.2) is 83.1 Å². The van der Waals surface area contributed by atoms with E-state index in [4.69, 9.17) is 39.4 Å². The standard InChI is InChI=1S/C24H31NO4.C6H8O7/c1-25(2)13-3-4-18(5-7-19-9-11-21-23(14-19)28-16-26-21)6-8-20-10-12-22-24(15-20)29-17-27-22;7-3(8)1-6(13,5(11)12)2-4(9)10/h9-12,14-15,18H,3-8,13,16-17H2,1-2H3;13H,1-2H2,(H,7,8)(H,9,10)(H,11,12). The molecule has 0 amide bonds. The van der Waals surface area contributed by atoms with E-state index in [1.165, 1.54) is 36.8 Å². The van der Waals surface area contributed by atoms with E-state index in [9.17, 15) is 14.4 Å². The number of rotatable bonds is 15. The van der Waals surface area contributed by atoms with E-state index >= 15 is 0 Å². The van der Waals surface area contributed by atoms with Gasteiger partial charge in [-0.15, -0.1) is 0 Å². The average molecular weight is 590 g/mol. The van der Waals surface area contributed by atoms with Gasteiger partial charge in [0.05, 0.1) is 12.8 Å². The van der Waals surface area contributed by atoms with Crippen LogP contribution in [-0.2, 0) is 27.2 Å². The molecule has 42 heavy (non-hydrogen) atoms. The number of hydrogen-bond donors (Lipinski definition) is 4. The highest BCUT2D eigenvalue weighted by atomic mass is 16.7. The molecule has 0 fully saturated rings. The SMILES string of the molecule is CN(C)CCCC(CCc1ccc2c(c1)OCO2)CCc1ccc2c(c1)OCO2.O=C(O)CC(O)(CC(=O)O)C(=O)O. The summed E-state index contributed by atoms with van der Waals surface area (Å²) >= 11 is 0. The first-order valence-electron chi connectivity index (χ1n) is 13.8. The molecule has 4 N–H and O–H groups in total. The Balaban J connectivity index is 0.000000316. The van der Waals surface area contributed by atoms with Crippen LogP contribution in [0.1, 0.15) is 49.7 Å². The van der Waals surface area contributed by atoms with Crippen LogP contribution in [0.25, 0.3) is 0 Å². The van der Waals surface area contributed by atoms with Crippen molar-refractivity contribution in [3.63, 3.8) is 0 Å². The summed E-state index contributed by atoms with van der Waals surface area (Å²) in [7, 11) is 4.29. The Kier molecular flexibility index (Phi) is 11.8. The number of nitrogens with zero attached hydrogens (tertiary/aromatic N) is 1.